The van der Waals surface area contributed by atoms with Crippen molar-refractivity contribution in [2.45, 2.75) is 20.0 Å². The SMILES string of the molecule is Cc1ccc(F)cc1NC(=O)CNc1nc(-c2ccncc2)nc2c1CNC2. The minimum atomic E-state index is -0.393. The summed E-state index contributed by atoms with van der Waals surface area (Å²) < 4.78 is 13.4. The summed E-state index contributed by atoms with van der Waals surface area (Å²) >= 11 is 0. The van der Waals surface area contributed by atoms with Gasteiger partial charge in [0.1, 0.15) is 11.6 Å². The summed E-state index contributed by atoms with van der Waals surface area (Å²) in [6, 6.07) is 7.98. The molecule has 142 valence electrons. The van der Waals surface area contributed by atoms with E-state index < -0.39 is 5.82 Å². The molecule has 28 heavy (non-hydrogen) atoms. The minimum Gasteiger partial charge on any atom is -0.361 e. The Hall–Kier alpha value is -3.39. The van der Waals surface area contributed by atoms with Crippen molar-refractivity contribution in [1.29, 1.82) is 0 Å². The second-order valence-electron chi connectivity index (χ2n) is 6.52. The molecule has 0 aliphatic carbocycles. The lowest BCUT2D eigenvalue weighted by Crippen LogP contribution is -2.23. The molecule has 0 saturated heterocycles. The Morgan fingerprint density at radius 3 is 2.82 bits per heavy atom. The van der Waals surface area contributed by atoms with Crippen molar-refractivity contribution >= 4 is 17.4 Å². The van der Waals surface area contributed by atoms with E-state index in [1.807, 2.05) is 19.1 Å². The van der Waals surface area contributed by atoms with Crippen LogP contribution in [0.5, 0.6) is 0 Å². The normalized spacial score (nSPS) is 12.5. The number of hydrogen-bond donors (Lipinski definition) is 3. The van der Waals surface area contributed by atoms with E-state index in [1.165, 1.54) is 12.1 Å². The molecular formula is C20H19FN6O. The molecule has 0 atom stereocenters. The molecule has 7 nitrogen and oxygen atoms in total. The van der Waals surface area contributed by atoms with E-state index in [-0.39, 0.29) is 12.5 Å². The summed E-state index contributed by atoms with van der Waals surface area (Å²) in [7, 11) is 0. The third kappa shape index (κ3) is 3.81. The maximum Gasteiger partial charge on any atom is 0.243 e. The van der Waals surface area contributed by atoms with E-state index in [0.29, 0.717) is 30.4 Å². The van der Waals surface area contributed by atoms with Crippen LogP contribution in [0, 0.1) is 12.7 Å². The van der Waals surface area contributed by atoms with Crippen LogP contribution < -0.4 is 16.0 Å². The van der Waals surface area contributed by atoms with Gasteiger partial charge in [-0.2, -0.15) is 0 Å². The summed E-state index contributed by atoms with van der Waals surface area (Å²) in [5.74, 6) is 0.523. The number of halogens is 1. The van der Waals surface area contributed by atoms with Crippen LogP contribution in [0.1, 0.15) is 16.8 Å². The second-order valence-corrected chi connectivity index (χ2v) is 6.52. The van der Waals surface area contributed by atoms with Crippen LogP contribution >= 0.6 is 0 Å². The Morgan fingerprint density at radius 1 is 1.18 bits per heavy atom. The molecule has 0 saturated carbocycles. The van der Waals surface area contributed by atoms with Crippen LogP contribution in [-0.2, 0) is 17.9 Å². The van der Waals surface area contributed by atoms with E-state index in [4.69, 9.17) is 0 Å². The first-order chi connectivity index (χ1) is 13.6. The summed E-state index contributed by atoms with van der Waals surface area (Å²) in [4.78, 5) is 25.6. The number of aromatic nitrogens is 3. The largest absolute Gasteiger partial charge is 0.361 e. The number of hydrogen-bond acceptors (Lipinski definition) is 6. The molecule has 0 bridgehead atoms. The number of nitrogens with zero attached hydrogens (tertiary/aromatic N) is 3. The van der Waals surface area contributed by atoms with Crippen molar-refractivity contribution in [3.63, 3.8) is 0 Å². The zero-order valence-electron chi connectivity index (χ0n) is 15.3. The Balaban J connectivity index is 1.52. The number of rotatable bonds is 5. The van der Waals surface area contributed by atoms with E-state index >= 15 is 0 Å². The number of carbonyl (C=O) groups is 1. The van der Waals surface area contributed by atoms with Crippen molar-refractivity contribution in [1.82, 2.24) is 20.3 Å². The zero-order chi connectivity index (χ0) is 19.5. The fourth-order valence-electron chi connectivity index (χ4n) is 3.03. The van der Waals surface area contributed by atoms with Gasteiger partial charge in [0.25, 0.3) is 0 Å². The van der Waals surface area contributed by atoms with Crippen molar-refractivity contribution in [3.8, 4) is 11.4 Å². The molecule has 2 aromatic heterocycles. The van der Waals surface area contributed by atoms with Crippen molar-refractivity contribution in [2.24, 2.45) is 0 Å². The number of nitrogens with one attached hydrogen (secondary N) is 3. The maximum absolute atomic E-state index is 13.4. The molecule has 3 heterocycles. The highest BCUT2D eigenvalue weighted by atomic mass is 19.1. The van der Waals surface area contributed by atoms with Gasteiger partial charge in [0, 0.05) is 42.3 Å². The van der Waals surface area contributed by atoms with E-state index in [0.717, 1.165) is 22.4 Å². The molecule has 1 aliphatic rings. The lowest BCUT2D eigenvalue weighted by atomic mass is 10.2. The van der Waals surface area contributed by atoms with E-state index in [2.05, 4.69) is 30.9 Å². The average molecular weight is 378 g/mol. The van der Waals surface area contributed by atoms with Crippen LogP contribution in [0.4, 0.5) is 15.9 Å². The lowest BCUT2D eigenvalue weighted by Gasteiger charge is -2.13. The molecule has 1 aliphatic heterocycles. The standard InChI is InChI=1S/C20H19FN6O/c1-12-2-3-14(21)8-16(12)25-18(28)11-24-20-15-9-23-10-17(15)26-19(27-20)13-4-6-22-7-5-13/h2-8,23H,9-11H2,1H3,(H,25,28)(H,24,26,27). The highest BCUT2D eigenvalue weighted by Gasteiger charge is 2.20. The number of fused-ring (bicyclic) bond motifs is 1. The number of pyridine rings is 1. The fraction of sp³-hybridized carbons (Fsp3) is 0.200. The maximum atomic E-state index is 13.4. The van der Waals surface area contributed by atoms with Crippen LogP contribution in [-0.4, -0.2) is 27.4 Å². The van der Waals surface area contributed by atoms with Gasteiger partial charge in [-0.25, -0.2) is 14.4 Å². The average Bonchev–Trinajstić information content (AvgIpc) is 3.18. The Kier molecular flexibility index (Phi) is 4.94. The molecule has 0 radical (unpaired) electrons. The van der Waals surface area contributed by atoms with Crippen LogP contribution in [0.25, 0.3) is 11.4 Å². The molecule has 0 fully saturated rings. The van der Waals surface area contributed by atoms with Crippen molar-refractivity contribution < 1.29 is 9.18 Å². The van der Waals surface area contributed by atoms with Gasteiger partial charge in [-0.1, -0.05) is 6.07 Å². The van der Waals surface area contributed by atoms with Gasteiger partial charge < -0.3 is 16.0 Å². The molecule has 0 unspecified atom stereocenters. The third-order valence-corrected chi connectivity index (χ3v) is 4.52. The monoisotopic (exact) mass is 378 g/mol. The minimum absolute atomic E-state index is 0.00912. The Labute approximate surface area is 161 Å². The molecular weight excluding hydrogens is 359 g/mol. The predicted octanol–water partition coefficient (Wildman–Crippen LogP) is 2.64. The van der Waals surface area contributed by atoms with Gasteiger partial charge >= 0.3 is 0 Å². The molecule has 1 amide bonds. The number of amides is 1. The molecule has 8 heteroatoms. The fourth-order valence-corrected chi connectivity index (χ4v) is 3.03. The Bertz CT molecular complexity index is 1020. The van der Waals surface area contributed by atoms with Crippen LogP contribution in [0.2, 0.25) is 0 Å². The first-order valence-corrected chi connectivity index (χ1v) is 8.91. The van der Waals surface area contributed by atoms with Crippen molar-refractivity contribution in [2.75, 3.05) is 17.2 Å². The third-order valence-electron chi connectivity index (χ3n) is 4.52. The highest BCUT2D eigenvalue weighted by molar-refractivity contribution is 5.94. The zero-order valence-corrected chi connectivity index (χ0v) is 15.3. The second kappa shape index (κ2) is 7.69. The smallest absolute Gasteiger partial charge is 0.243 e. The highest BCUT2D eigenvalue weighted by Crippen LogP contribution is 2.25. The van der Waals surface area contributed by atoms with E-state index in [9.17, 15) is 9.18 Å². The van der Waals surface area contributed by atoms with Gasteiger partial charge in [0.05, 0.1) is 12.2 Å². The van der Waals surface area contributed by atoms with Gasteiger partial charge in [0.15, 0.2) is 5.82 Å². The quantitative estimate of drug-likeness (QED) is 0.632. The molecule has 3 aromatic rings. The van der Waals surface area contributed by atoms with Crippen molar-refractivity contribution in [3.05, 3.63) is 65.4 Å². The lowest BCUT2D eigenvalue weighted by molar-refractivity contribution is -0.114. The topological polar surface area (TPSA) is 91.8 Å². The summed E-state index contributed by atoms with van der Waals surface area (Å²) in [6.45, 7) is 3.11. The number of benzene rings is 1. The number of aryl methyl sites for hydroxylation is 1. The molecule has 0 spiro atoms. The molecule has 3 N–H and O–H groups in total. The summed E-state index contributed by atoms with van der Waals surface area (Å²) in [5, 5.41) is 9.07. The summed E-state index contributed by atoms with van der Waals surface area (Å²) in [6.07, 6.45) is 3.37. The van der Waals surface area contributed by atoms with E-state index in [1.54, 1.807) is 18.5 Å². The number of anilines is 2. The number of carbonyl (C=O) groups excluding carboxylic acids is 1. The first kappa shape index (κ1) is 18.0. The predicted molar refractivity (Wildman–Crippen MR) is 104 cm³/mol. The Morgan fingerprint density at radius 2 is 2.00 bits per heavy atom. The first-order valence-electron chi connectivity index (χ1n) is 8.91. The van der Waals surface area contributed by atoms with Crippen LogP contribution in [0.3, 0.4) is 0 Å². The van der Waals surface area contributed by atoms with Gasteiger partial charge in [-0.15, -0.1) is 0 Å². The van der Waals surface area contributed by atoms with Gasteiger partial charge in [0.2, 0.25) is 5.91 Å². The summed E-state index contributed by atoms with van der Waals surface area (Å²) in [5.41, 5.74) is 3.96. The molecule has 4 rings (SSSR count). The molecule has 1 aromatic carbocycles. The van der Waals surface area contributed by atoms with Crippen LogP contribution in [0.15, 0.2) is 42.7 Å². The van der Waals surface area contributed by atoms with Gasteiger partial charge in [-0.3, -0.25) is 9.78 Å². The van der Waals surface area contributed by atoms with Gasteiger partial charge in [-0.05, 0) is 36.8 Å².